The summed E-state index contributed by atoms with van der Waals surface area (Å²) >= 11 is 0. The second kappa shape index (κ2) is 3.99. The molecule has 1 heterocycles. The molecule has 0 aliphatic carbocycles. The molecule has 0 aliphatic rings. The summed E-state index contributed by atoms with van der Waals surface area (Å²) < 4.78 is 29.2. The Hall–Kier alpha value is -1.72. The minimum absolute atomic E-state index is 0.00259. The summed E-state index contributed by atoms with van der Waals surface area (Å²) in [6, 6.07) is 0.991. The quantitative estimate of drug-likeness (QED) is 0.753. The van der Waals surface area contributed by atoms with Crippen molar-refractivity contribution in [2.45, 2.75) is 6.43 Å². The first kappa shape index (κ1) is 10.4. The number of aldehydes is 1. The lowest BCUT2D eigenvalue weighted by Crippen LogP contribution is -2.03. The molecule has 0 aliphatic heterocycles. The molecule has 1 aromatic rings. The first-order valence-electron chi connectivity index (χ1n) is 3.68. The highest BCUT2D eigenvalue weighted by Crippen LogP contribution is 2.27. The van der Waals surface area contributed by atoms with Crippen LogP contribution in [-0.4, -0.2) is 18.4 Å². The van der Waals surface area contributed by atoms with E-state index in [-0.39, 0.29) is 17.1 Å². The lowest BCUT2D eigenvalue weighted by atomic mass is 10.2. The number of carbonyl (C=O) groups is 1. The average molecular weight is 202 g/mol. The van der Waals surface area contributed by atoms with E-state index < -0.39 is 12.1 Å². The number of nitrogens with zero attached hydrogens (tertiary/aromatic N) is 1. The average Bonchev–Trinajstić information content (AvgIpc) is 2.16. The second-order valence-corrected chi connectivity index (χ2v) is 2.47. The van der Waals surface area contributed by atoms with Gasteiger partial charge >= 0.3 is 0 Å². The van der Waals surface area contributed by atoms with Crippen molar-refractivity contribution >= 4 is 12.1 Å². The van der Waals surface area contributed by atoms with Crippen LogP contribution >= 0.6 is 0 Å². The van der Waals surface area contributed by atoms with E-state index in [1.54, 1.807) is 0 Å². The van der Waals surface area contributed by atoms with Crippen molar-refractivity contribution in [1.82, 2.24) is 4.98 Å². The summed E-state index contributed by atoms with van der Waals surface area (Å²) in [5, 5.41) is 0. The number of carbonyl (C=O) groups excluding carboxylic acids is 1. The molecule has 0 unspecified atom stereocenters. The summed E-state index contributed by atoms with van der Waals surface area (Å²) in [7, 11) is 1.26. The molecular weight excluding hydrogens is 194 g/mol. The molecule has 0 atom stereocenters. The third-order valence-corrected chi connectivity index (χ3v) is 1.63. The van der Waals surface area contributed by atoms with E-state index in [0.29, 0.717) is 6.29 Å². The van der Waals surface area contributed by atoms with Crippen LogP contribution in [0.1, 0.15) is 22.5 Å². The highest BCUT2D eigenvalue weighted by molar-refractivity contribution is 5.85. The molecule has 0 saturated heterocycles. The van der Waals surface area contributed by atoms with E-state index >= 15 is 0 Å². The zero-order valence-electron chi connectivity index (χ0n) is 7.33. The van der Waals surface area contributed by atoms with Gasteiger partial charge < -0.3 is 10.5 Å². The monoisotopic (exact) mass is 202 g/mol. The normalized spacial score (nSPS) is 10.3. The van der Waals surface area contributed by atoms with Crippen LogP contribution in [0.3, 0.4) is 0 Å². The molecule has 0 bridgehead atoms. The highest BCUT2D eigenvalue weighted by atomic mass is 19.3. The predicted octanol–water partition coefficient (Wildman–Crippen LogP) is 1.42. The zero-order chi connectivity index (χ0) is 10.7. The Kier molecular flexibility index (Phi) is 2.95. The third kappa shape index (κ3) is 1.78. The fourth-order valence-electron chi connectivity index (χ4n) is 0.969. The van der Waals surface area contributed by atoms with Gasteiger partial charge in [-0.2, -0.15) is 0 Å². The molecule has 76 valence electrons. The molecule has 0 spiro atoms. The Bertz CT molecular complexity index is 355. The molecule has 1 rings (SSSR count). The number of nitrogen functional groups attached to an aromatic ring is 1. The maximum Gasteiger partial charge on any atom is 0.280 e. The molecule has 0 radical (unpaired) electrons. The van der Waals surface area contributed by atoms with Crippen LogP contribution in [0, 0.1) is 0 Å². The van der Waals surface area contributed by atoms with Gasteiger partial charge in [0, 0.05) is 6.07 Å². The molecule has 6 heteroatoms. The van der Waals surface area contributed by atoms with E-state index in [2.05, 4.69) is 4.98 Å². The maximum atomic E-state index is 12.2. The molecule has 4 nitrogen and oxygen atoms in total. The summed E-state index contributed by atoms with van der Waals surface area (Å²) in [4.78, 5) is 13.9. The lowest BCUT2D eigenvalue weighted by Gasteiger charge is -2.08. The number of methoxy groups -OCH3 is 1. The van der Waals surface area contributed by atoms with Crippen LogP contribution in [0.5, 0.6) is 5.75 Å². The Morgan fingerprint density at radius 1 is 1.64 bits per heavy atom. The number of aromatic nitrogens is 1. The Balaban J connectivity index is 3.31. The van der Waals surface area contributed by atoms with E-state index in [1.165, 1.54) is 7.11 Å². The van der Waals surface area contributed by atoms with E-state index in [1.807, 2.05) is 0 Å². The van der Waals surface area contributed by atoms with Gasteiger partial charge in [-0.15, -0.1) is 0 Å². The predicted molar refractivity (Wildman–Crippen MR) is 45.5 cm³/mol. The van der Waals surface area contributed by atoms with E-state index in [0.717, 1.165) is 6.07 Å². The van der Waals surface area contributed by atoms with Gasteiger partial charge in [-0.1, -0.05) is 0 Å². The molecular formula is C8H8F2N2O2. The number of nitrogens with two attached hydrogens (primary N) is 1. The standard InChI is InChI=1S/C8H8F2N2O2/c1-14-6-2-5(7(9)10)12-8(11)4(6)3-13/h2-3,7H,1H3,(H2,11,12). The maximum absolute atomic E-state index is 12.2. The minimum Gasteiger partial charge on any atom is -0.496 e. The van der Waals surface area contributed by atoms with Crippen molar-refractivity contribution in [2.24, 2.45) is 0 Å². The van der Waals surface area contributed by atoms with Crippen molar-refractivity contribution < 1.29 is 18.3 Å². The number of hydrogen-bond acceptors (Lipinski definition) is 4. The van der Waals surface area contributed by atoms with Gasteiger partial charge in [0.2, 0.25) is 0 Å². The number of ether oxygens (including phenoxy) is 1. The number of pyridine rings is 1. The Morgan fingerprint density at radius 2 is 2.29 bits per heavy atom. The number of anilines is 1. The SMILES string of the molecule is COc1cc(C(F)F)nc(N)c1C=O. The number of halogens is 2. The van der Waals surface area contributed by atoms with Crippen LogP contribution in [0.4, 0.5) is 14.6 Å². The van der Waals surface area contributed by atoms with Crippen LogP contribution in [0.2, 0.25) is 0 Å². The summed E-state index contributed by atoms with van der Waals surface area (Å²) in [6.45, 7) is 0. The van der Waals surface area contributed by atoms with E-state index in [9.17, 15) is 13.6 Å². The second-order valence-electron chi connectivity index (χ2n) is 2.47. The van der Waals surface area contributed by atoms with Crippen molar-refractivity contribution in [3.8, 4) is 5.75 Å². The van der Waals surface area contributed by atoms with Crippen LogP contribution in [0.25, 0.3) is 0 Å². The van der Waals surface area contributed by atoms with Gasteiger partial charge in [0.25, 0.3) is 6.43 Å². The highest BCUT2D eigenvalue weighted by Gasteiger charge is 2.15. The van der Waals surface area contributed by atoms with Crippen LogP contribution in [0.15, 0.2) is 6.07 Å². The van der Waals surface area contributed by atoms with Crippen molar-refractivity contribution in [3.05, 3.63) is 17.3 Å². The van der Waals surface area contributed by atoms with Gasteiger partial charge in [-0.3, -0.25) is 4.79 Å². The van der Waals surface area contributed by atoms with E-state index in [4.69, 9.17) is 10.5 Å². The number of rotatable bonds is 3. The molecule has 0 fully saturated rings. The Labute approximate surface area is 78.7 Å². The van der Waals surface area contributed by atoms with Gasteiger partial charge in [0.1, 0.15) is 17.3 Å². The molecule has 0 amide bonds. The summed E-state index contributed by atoms with van der Waals surface area (Å²) in [5.41, 5.74) is 4.76. The van der Waals surface area contributed by atoms with Crippen molar-refractivity contribution in [1.29, 1.82) is 0 Å². The van der Waals surface area contributed by atoms with Crippen molar-refractivity contribution in [2.75, 3.05) is 12.8 Å². The number of hydrogen-bond donors (Lipinski definition) is 1. The van der Waals surface area contributed by atoms with Gasteiger partial charge in [0.05, 0.1) is 12.7 Å². The van der Waals surface area contributed by atoms with Gasteiger partial charge in [-0.25, -0.2) is 13.8 Å². The van der Waals surface area contributed by atoms with Crippen molar-refractivity contribution in [3.63, 3.8) is 0 Å². The van der Waals surface area contributed by atoms with Crippen LogP contribution < -0.4 is 10.5 Å². The van der Waals surface area contributed by atoms with Crippen LogP contribution in [-0.2, 0) is 0 Å². The molecule has 0 saturated carbocycles. The largest absolute Gasteiger partial charge is 0.496 e. The minimum atomic E-state index is -2.74. The van der Waals surface area contributed by atoms with Gasteiger partial charge in [0.15, 0.2) is 6.29 Å². The molecule has 14 heavy (non-hydrogen) atoms. The Morgan fingerprint density at radius 3 is 2.71 bits per heavy atom. The fourth-order valence-corrected chi connectivity index (χ4v) is 0.969. The first-order valence-corrected chi connectivity index (χ1v) is 3.68. The molecule has 2 N–H and O–H groups in total. The summed E-state index contributed by atoms with van der Waals surface area (Å²) in [5.74, 6) is -0.252. The molecule has 1 aromatic heterocycles. The molecule has 0 aromatic carbocycles. The first-order chi connectivity index (χ1) is 6.60. The smallest absolute Gasteiger partial charge is 0.280 e. The lowest BCUT2D eigenvalue weighted by molar-refractivity contribution is 0.111. The van der Waals surface area contributed by atoms with Gasteiger partial charge in [-0.05, 0) is 0 Å². The topological polar surface area (TPSA) is 65.2 Å². The fraction of sp³-hybridized carbons (Fsp3) is 0.250. The zero-order valence-corrected chi connectivity index (χ0v) is 7.33. The summed E-state index contributed by atoms with van der Waals surface area (Å²) in [6.07, 6.45) is -2.33. The number of alkyl halides is 2. The third-order valence-electron chi connectivity index (χ3n) is 1.63.